The molecular formula is C22H25N7O. The Morgan fingerprint density at radius 3 is 2.83 bits per heavy atom. The average Bonchev–Trinajstić information content (AvgIpc) is 3.19. The van der Waals surface area contributed by atoms with Gasteiger partial charge in [0.2, 0.25) is 0 Å². The number of aryl methyl sites for hydroxylation is 1. The first-order chi connectivity index (χ1) is 14.3. The largest absolute Gasteiger partial charge is 0.433 e. The lowest BCUT2D eigenvalue weighted by molar-refractivity contribution is 0.312. The predicted molar refractivity (Wildman–Crippen MR) is 115 cm³/mol. The summed E-state index contributed by atoms with van der Waals surface area (Å²) in [5.74, 6) is 0.879. The number of nitrogens with two attached hydrogens (primary N) is 1. The van der Waals surface area contributed by atoms with Crippen molar-refractivity contribution in [3.8, 4) is 22.9 Å². The molecule has 0 atom stereocenters. The van der Waals surface area contributed by atoms with Gasteiger partial charge in [-0.1, -0.05) is 0 Å². The van der Waals surface area contributed by atoms with E-state index in [1.165, 1.54) is 16.7 Å². The second-order valence-electron chi connectivity index (χ2n) is 8.19. The normalized spacial score (nSPS) is 14.2. The molecule has 0 radical (unpaired) electrons. The molecule has 0 saturated carbocycles. The molecule has 0 saturated heterocycles. The van der Waals surface area contributed by atoms with Gasteiger partial charge < -0.3 is 15.4 Å². The zero-order chi connectivity index (χ0) is 21.5. The van der Waals surface area contributed by atoms with Gasteiger partial charge in [-0.2, -0.15) is 9.78 Å². The highest BCUT2D eigenvalue weighted by Crippen LogP contribution is 2.31. The molecule has 2 N–H and O–H groups in total. The monoisotopic (exact) mass is 403 g/mol. The van der Waals surface area contributed by atoms with Crippen molar-refractivity contribution < 1.29 is 4.74 Å². The summed E-state index contributed by atoms with van der Waals surface area (Å²) in [6.45, 7) is 15.0. The molecule has 2 aromatic heterocycles. The van der Waals surface area contributed by atoms with E-state index in [0.717, 1.165) is 25.1 Å². The highest BCUT2D eigenvalue weighted by atomic mass is 16.5. The molecule has 0 unspecified atom stereocenters. The van der Waals surface area contributed by atoms with E-state index in [-0.39, 0.29) is 11.7 Å². The van der Waals surface area contributed by atoms with Crippen LogP contribution in [0.25, 0.3) is 16.1 Å². The highest BCUT2D eigenvalue weighted by molar-refractivity contribution is 5.64. The molecule has 4 rings (SSSR count). The van der Waals surface area contributed by atoms with Crippen LogP contribution < -0.4 is 10.5 Å². The summed E-state index contributed by atoms with van der Waals surface area (Å²) >= 11 is 0. The van der Waals surface area contributed by atoms with Crippen molar-refractivity contribution in [2.45, 2.75) is 39.4 Å². The number of likely N-dealkylation sites (N-methyl/N-ethyl adjacent to an activating group) is 1. The standard InChI is InChI=1S/C22H25N7O/c1-14-8-16(9-15-6-7-28(5)13-18(14)15)19-11-25-20(23)21(27-19)30-17-10-26-29(12-17)22(2,3)24-4/h8-12H,6-7,13H2,1-3,5H3,(H2,23,25). The van der Waals surface area contributed by atoms with Crippen LogP contribution in [0.4, 0.5) is 5.82 Å². The van der Waals surface area contributed by atoms with Gasteiger partial charge in [-0.15, -0.1) is 0 Å². The minimum Gasteiger partial charge on any atom is -0.433 e. The lowest BCUT2D eigenvalue weighted by Gasteiger charge is -2.27. The lowest BCUT2D eigenvalue weighted by atomic mass is 9.92. The van der Waals surface area contributed by atoms with Gasteiger partial charge in [-0.05, 0) is 49.2 Å². The van der Waals surface area contributed by atoms with Crippen LogP contribution in [0.1, 0.15) is 30.5 Å². The number of fused-ring (bicyclic) bond motifs is 1. The van der Waals surface area contributed by atoms with Crippen molar-refractivity contribution >= 4 is 5.82 Å². The van der Waals surface area contributed by atoms with Gasteiger partial charge in [0.15, 0.2) is 11.6 Å². The Bertz CT molecular complexity index is 1140. The number of aromatic nitrogens is 4. The number of nitrogens with zero attached hydrogens (tertiary/aromatic N) is 6. The Morgan fingerprint density at radius 1 is 1.27 bits per heavy atom. The fourth-order valence-corrected chi connectivity index (χ4v) is 3.56. The van der Waals surface area contributed by atoms with E-state index >= 15 is 0 Å². The summed E-state index contributed by atoms with van der Waals surface area (Å²) in [7, 11) is 2.15. The van der Waals surface area contributed by atoms with E-state index in [4.69, 9.17) is 17.0 Å². The van der Waals surface area contributed by atoms with Crippen molar-refractivity contribution in [2.24, 2.45) is 0 Å². The first kappa shape index (κ1) is 19.9. The van der Waals surface area contributed by atoms with E-state index in [9.17, 15) is 0 Å². The molecule has 1 aliphatic heterocycles. The smallest absolute Gasteiger partial charge is 0.320 e. The molecule has 0 bridgehead atoms. The highest BCUT2D eigenvalue weighted by Gasteiger charge is 2.26. The van der Waals surface area contributed by atoms with Crippen LogP contribution in [0.2, 0.25) is 0 Å². The number of rotatable bonds is 4. The molecule has 1 aromatic carbocycles. The van der Waals surface area contributed by atoms with Crippen molar-refractivity contribution in [1.82, 2.24) is 24.6 Å². The Morgan fingerprint density at radius 2 is 2.07 bits per heavy atom. The summed E-state index contributed by atoms with van der Waals surface area (Å²) in [4.78, 5) is 14.8. The zero-order valence-corrected chi connectivity index (χ0v) is 17.7. The fourth-order valence-electron chi connectivity index (χ4n) is 3.56. The van der Waals surface area contributed by atoms with E-state index in [2.05, 4.69) is 50.9 Å². The van der Waals surface area contributed by atoms with Crippen LogP contribution in [0.3, 0.4) is 0 Å². The number of benzene rings is 1. The second kappa shape index (κ2) is 7.43. The van der Waals surface area contributed by atoms with Crippen molar-refractivity contribution in [3.05, 3.63) is 58.8 Å². The topological polar surface area (TPSA) is 86.5 Å². The maximum Gasteiger partial charge on any atom is 0.320 e. The number of ether oxygens (including phenoxy) is 1. The van der Waals surface area contributed by atoms with Crippen molar-refractivity contribution in [1.29, 1.82) is 0 Å². The molecule has 3 heterocycles. The average molecular weight is 403 g/mol. The van der Waals surface area contributed by atoms with Gasteiger partial charge in [-0.3, -0.25) is 4.85 Å². The first-order valence-corrected chi connectivity index (χ1v) is 9.82. The molecule has 30 heavy (non-hydrogen) atoms. The maximum absolute atomic E-state index is 7.30. The van der Waals surface area contributed by atoms with Gasteiger partial charge in [-0.25, -0.2) is 16.5 Å². The SMILES string of the molecule is [C-]#[N+]C(C)(C)n1cc(Oc2nc(-c3cc(C)c4c(c3)CCN(C)C4)cnc2N)cn1. The van der Waals surface area contributed by atoms with Gasteiger partial charge in [0.25, 0.3) is 5.88 Å². The predicted octanol–water partition coefficient (Wildman–Crippen LogP) is 3.62. The third-order valence-electron chi connectivity index (χ3n) is 5.43. The Balaban J connectivity index is 1.65. The van der Waals surface area contributed by atoms with Crippen LogP contribution in [0.15, 0.2) is 30.7 Å². The Labute approximate surface area is 176 Å². The van der Waals surface area contributed by atoms with Crippen molar-refractivity contribution in [2.75, 3.05) is 19.3 Å². The Hall–Kier alpha value is -3.44. The van der Waals surface area contributed by atoms with Gasteiger partial charge in [0, 0.05) is 32.5 Å². The van der Waals surface area contributed by atoms with Crippen LogP contribution in [0.5, 0.6) is 11.6 Å². The molecule has 0 amide bonds. The minimum absolute atomic E-state index is 0.201. The fraction of sp³-hybridized carbons (Fsp3) is 0.364. The van der Waals surface area contributed by atoms with Crippen LogP contribution in [0, 0.1) is 13.5 Å². The third kappa shape index (κ3) is 3.72. The summed E-state index contributed by atoms with van der Waals surface area (Å²) in [6, 6.07) is 4.33. The first-order valence-electron chi connectivity index (χ1n) is 9.82. The quantitative estimate of drug-likeness (QED) is 0.670. The maximum atomic E-state index is 7.30. The lowest BCUT2D eigenvalue weighted by Crippen LogP contribution is -2.27. The molecule has 154 valence electrons. The molecule has 0 spiro atoms. The number of anilines is 1. The molecule has 8 nitrogen and oxygen atoms in total. The van der Waals surface area contributed by atoms with E-state index < -0.39 is 5.66 Å². The third-order valence-corrected chi connectivity index (χ3v) is 5.43. The van der Waals surface area contributed by atoms with E-state index in [0.29, 0.717) is 11.4 Å². The molecule has 1 aliphatic rings. The van der Waals surface area contributed by atoms with Crippen molar-refractivity contribution in [3.63, 3.8) is 0 Å². The summed E-state index contributed by atoms with van der Waals surface area (Å²) < 4.78 is 7.41. The molecule has 0 aliphatic carbocycles. The van der Waals surface area contributed by atoms with Crippen LogP contribution in [-0.4, -0.2) is 38.2 Å². The molecule has 0 fully saturated rings. The summed E-state index contributed by atoms with van der Waals surface area (Å²) in [6.07, 6.45) is 5.89. The molecule has 8 heteroatoms. The van der Waals surface area contributed by atoms with Gasteiger partial charge >= 0.3 is 5.66 Å². The van der Waals surface area contributed by atoms with E-state index in [1.54, 1.807) is 37.1 Å². The zero-order valence-electron chi connectivity index (χ0n) is 17.7. The number of nitrogen functional groups attached to an aromatic ring is 1. The molecule has 3 aromatic rings. The summed E-state index contributed by atoms with van der Waals surface area (Å²) in [5, 5.41) is 4.22. The van der Waals surface area contributed by atoms with Crippen LogP contribution >= 0.6 is 0 Å². The van der Waals surface area contributed by atoms with Gasteiger partial charge in [0.05, 0.1) is 24.3 Å². The number of hydrogen-bond donors (Lipinski definition) is 1. The minimum atomic E-state index is -0.796. The number of hydrogen-bond acceptors (Lipinski definition) is 6. The van der Waals surface area contributed by atoms with Gasteiger partial charge in [0.1, 0.15) is 0 Å². The Kier molecular flexibility index (Phi) is 4.92. The second-order valence-corrected chi connectivity index (χ2v) is 8.19. The van der Waals surface area contributed by atoms with E-state index in [1.807, 2.05) is 0 Å². The molecular weight excluding hydrogens is 378 g/mol. The van der Waals surface area contributed by atoms with Crippen LogP contribution in [-0.2, 0) is 18.6 Å². The summed E-state index contributed by atoms with van der Waals surface area (Å²) in [5.41, 5.74) is 10.9.